The van der Waals surface area contributed by atoms with Crippen molar-refractivity contribution in [3.63, 3.8) is 0 Å². The molecule has 7 nitrogen and oxygen atoms in total. The van der Waals surface area contributed by atoms with Crippen molar-refractivity contribution in [1.82, 2.24) is 9.97 Å². The van der Waals surface area contributed by atoms with Crippen LogP contribution >= 0.6 is 0 Å². The summed E-state index contributed by atoms with van der Waals surface area (Å²) < 4.78 is 5.18. The molecule has 1 aliphatic heterocycles. The first-order valence-corrected chi connectivity index (χ1v) is 5.15. The lowest BCUT2D eigenvalue weighted by Crippen LogP contribution is -2.28. The Morgan fingerprint density at radius 1 is 1.41 bits per heavy atom. The number of aromatic carboxylic acids is 1. The molecule has 0 saturated carbocycles. The maximum Gasteiger partial charge on any atom is 0.358 e. The van der Waals surface area contributed by atoms with E-state index in [4.69, 9.17) is 9.84 Å². The molecule has 17 heavy (non-hydrogen) atoms. The summed E-state index contributed by atoms with van der Waals surface area (Å²) in [6.45, 7) is 0.546. The van der Waals surface area contributed by atoms with Crippen molar-refractivity contribution >= 4 is 17.7 Å². The van der Waals surface area contributed by atoms with E-state index < -0.39 is 12.1 Å². The van der Waals surface area contributed by atoms with E-state index in [2.05, 4.69) is 15.3 Å². The molecule has 0 bridgehead atoms. The first kappa shape index (κ1) is 11.5. The molecule has 1 aliphatic rings. The van der Waals surface area contributed by atoms with Crippen molar-refractivity contribution in [3.8, 4) is 0 Å². The number of nitrogens with one attached hydrogen (secondary N) is 1. The second-order valence-corrected chi connectivity index (χ2v) is 3.55. The summed E-state index contributed by atoms with van der Waals surface area (Å²) in [5, 5.41) is 11.3. The molecule has 2 rings (SSSR count). The van der Waals surface area contributed by atoms with Crippen molar-refractivity contribution < 1.29 is 19.4 Å². The van der Waals surface area contributed by atoms with Gasteiger partial charge in [0.05, 0.1) is 0 Å². The summed E-state index contributed by atoms with van der Waals surface area (Å²) in [6.07, 6.45) is 3.50. The second kappa shape index (κ2) is 4.88. The molecule has 0 unspecified atom stereocenters. The molecule has 1 atom stereocenters. The minimum atomic E-state index is -1.24. The van der Waals surface area contributed by atoms with Crippen LogP contribution in [-0.4, -0.2) is 39.7 Å². The highest BCUT2D eigenvalue weighted by Gasteiger charge is 2.25. The Morgan fingerprint density at radius 3 is 2.82 bits per heavy atom. The highest BCUT2D eigenvalue weighted by molar-refractivity contribution is 5.99. The normalized spacial score (nSPS) is 18.9. The summed E-state index contributed by atoms with van der Waals surface area (Å²) in [4.78, 5) is 30.0. The number of aromatic nitrogens is 2. The van der Waals surface area contributed by atoms with E-state index in [0.717, 1.165) is 6.42 Å². The number of ether oxygens (including phenoxy) is 1. The van der Waals surface area contributed by atoms with Crippen LogP contribution in [0.5, 0.6) is 0 Å². The molecule has 7 heteroatoms. The molecule has 1 aromatic heterocycles. The van der Waals surface area contributed by atoms with Crippen molar-refractivity contribution in [2.45, 2.75) is 18.9 Å². The number of carbonyl (C=O) groups is 2. The Hall–Kier alpha value is -2.02. The van der Waals surface area contributed by atoms with Crippen LogP contribution in [0, 0.1) is 0 Å². The Morgan fingerprint density at radius 2 is 2.18 bits per heavy atom. The molecule has 2 heterocycles. The van der Waals surface area contributed by atoms with Gasteiger partial charge in [-0.25, -0.2) is 14.8 Å². The lowest BCUT2D eigenvalue weighted by atomic mass is 10.2. The lowest BCUT2D eigenvalue weighted by Gasteiger charge is -2.10. The predicted molar refractivity (Wildman–Crippen MR) is 56.6 cm³/mol. The highest BCUT2D eigenvalue weighted by Crippen LogP contribution is 2.15. The van der Waals surface area contributed by atoms with Gasteiger partial charge >= 0.3 is 5.97 Å². The summed E-state index contributed by atoms with van der Waals surface area (Å²) in [5.41, 5.74) is -0.279. The number of anilines is 1. The smallest absolute Gasteiger partial charge is 0.358 e. The maximum absolute atomic E-state index is 11.7. The van der Waals surface area contributed by atoms with Crippen LogP contribution in [0.15, 0.2) is 12.4 Å². The third-order valence-corrected chi connectivity index (χ3v) is 2.36. The molecular weight excluding hydrogens is 226 g/mol. The van der Waals surface area contributed by atoms with Crippen LogP contribution < -0.4 is 5.32 Å². The van der Waals surface area contributed by atoms with Gasteiger partial charge < -0.3 is 15.2 Å². The first-order valence-electron chi connectivity index (χ1n) is 5.15. The topological polar surface area (TPSA) is 101 Å². The average Bonchev–Trinajstić information content (AvgIpc) is 2.83. The van der Waals surface area contributed by atoms with Gasteiger partial charge in [0.25, 0.3) is 5.91 Å². The third kappa shape index (κ3) is 2.56. The zero-order chi connectivity index (χ0) is 12.3. The fourth-order valence-corrected chi connectivity index (χ4v) is 1.57. The number of carboxylic acids is 1. The average molecular weight is 237 g/mol. The van der Waals surface area contributed by atoms with E-state index in [-0.39, 0.29) is 17.4 Å². The van der Waals surface area contributed by atoms with Gasteiger partial charge in [-0.15, -0.1) is 0 Å². The molecule has 0 spiro atoms. The number of nitrogens with zero attached hydrogens (tertiary/aromatic N) is 2. The van der Waals surface area contributed by atoms with Gasteiger partial charge in [-0.1, -0.05) is 0 Å². The zero-order valence-electron chi connectivity index (χ0n) is 8.92. The van der Waals surface area contributed by atoms with Crippen LogP contribution in [0.2, 0.25) is 0 Å². The maximum atomic E-state index is 11.7. The molecule has 1 aromatic rings. The molecule has 1 fully saturated rings. The van der Waals surface area contributed by atoms with E-state index in [1.165, 1.54) is 12.4 Å². The standard InChI is InChI=1S/C10H11N3O4/c14-9(6-2-1-5-17-6)13-8-7(10(15)16)11-3-4-12-8/h3-4,6H,1-2,5H2,(H,15,16)(H,12,13,14)/t6-/m1/s1. The second-order valence-electron chi connectivity index (χ2n) is 3.55. The van der Waals surface area contributed by atoms with E-state index in [0.29, 0.717) is 13.0 Å². The third-order valence-electron chi connectivity index (χ3n) is 2.36. The van der Waals surface area contributed by atoms with Crippen LogP contribution in [0.25, 0.3) is 0 Å². The molecule has 1 saturated heterocycles. The van der Waals surface area contributed by atoms with E-state index in [1.807, 2.05) is 0 Å². The number of rotatable bonds is 3. The quantitative estimate of drug-likeness (QED) is 0.783. The number of carboxylic acid groups (broad SMARTS) is 1. The van der Waals surface area contributed by atoms with E-state index in [9.17, 15) is 9.59 Å². The van der Waals surface area contributed by atoms with Gasteiger partial charge in [0.1, 0.15) is 6.10 Å². The molecule has 0 aliphatic carbocycles. The highest BCUT2D eigenvalue weighted by atomic mass is 16.5. The van der Waals surface area contributed by atoms with Crippen LogP contribution in [0.3, 0.4) is 0 Å². The summed E-state index contributed by atoms with van der Waals surface area (Å²) >= 11 is 0. The molecule has 0 radical (unpaired) electrons. The van der Waals surface area contributed by atoms with E-state index >= 15 is 0 Å². The molecule has 0 aromatic carbocycles. The number of amides is 1. The SMILES string of the molecule is O=C(O)c1nccnc1NC(=O)[C@H]1CCCO1. The van der Waals surface area contributed by atoms with E-state index in [1.54, 1.807) is 0 Å². The summed E-state index contributed by atoms with van der Waals surface area (Å²) in [6, 6.07) is 0. The minimum Gasteiger partial charge on any atom is -0.476 e. The van der Waals surface area contributed by atoms with Gasteiger partial charge in [0.15, 0.2) is 11.5 Å². The Labute approximate surface area is 96.8 Å². The van der Waals surface area contributed by atoms with Crippen molar-refractivity contribution in [2.75, 3.05) is 11.9 Å². The predicted octanol–water partition coefficient (Wildman–Crippen LogP) is 0.292. The molecule has 2 N–H and O–H groups in total. The van der Waals surface area contributed by atoms with Gasteiger partial charge in [-0.2, -0.15) is 0 Å². The fraction of sp³-hybridized carbons (Fsp3) is 0.400. The first-order chi connectivity index (χ1) is 8.18. The largest absolute Gasteiger partial charge is 0.476 e. The van der Waals surface area contributed by atoms with Gasteiger partial charge in [0, 0.05) is 19.0 Å². The zero-order valence-corrected chi connectivity index (χ0v) is 8.92. The Kier molecular flexibility index (Phi) is 3.29. The number of carbonyl (C=O) groups excluding carboxylic acids is 1. The molecular formula is C10H11N3O4. The van der Waals surface area contributed by atoms with Crippen molar-refractivity contribution in [1.29, 1.82) is 0 Å². The fourth-order valence-electron chi connectivity index (χ4n) is 1.57. The summed E-state index contributed by atoms with van der Waals surface area (Å²) in [5.74, 6) is -1.67. The Balaban J connectivity index is 2.12. The van der Waals surface area contributed by atoms with Crippen LogP contribution in [0.4, 0.5) is 5.82 Å². The summed E-state index contributed by atoms with van der Waals surface area (Å²) in [7, 11) is 0. The van der Waals surface area contributed by atoms with Crippen LogP contribution in [-0.2, 0) is 9.53 Å². The van der Waals surface area contributed by atoms with Crippen molar-refractivity contribution in [3.05, 3.63) is 18.1 Å². The molecule has 1 amide bonds. The number of hydrogen-bond donors (Lipinski definition) is 2. The van der Waals surface area contributed by atoms with Crippen LogP contribution in [0.1, 0.15) is 23.3 Å². The van der Waals surface area contributed by atoms with Gasteiger partial charge in [-0.3, -0.25) is 4.79 Å². The van der Waals surface area contributed by atoms with Crippen molar-refractivity contribution in [2.24, 2.45) is 0 Å². The monoisotopic (exact) mass is 237 g/mol. The van der Waals surface area contributed by atoms with Gasteiger partial charge in [0.2, 0.25) is 0 Å². The Bertz CT molecular complexity index is 443. The molecule has 90 valence electrons. The van der Waals surface area contributed by atoms with Gasteiger partial charge in [-0.05, 0) is 12.8 Å². The number of hydrogen-bond acceptors (Lipinski definition) is 5. The lowest BCUT2D eigenvalue weighted by molar-refractivity contribution is -0.124. The minimum absolute atomic E-state index is 0.0551.